The van der Waals surface area contributed by atoms with Crippen LogP contribution in [0.15, 0.2) is 30.3 Å². The summed E-state index contributed by atoms with van der Waals surface area (Å²) in [4.78, 5) is 62.1. The van der Waals surface area contributed by atoms with Crippen LogP contribution in [0, 0.1) is 17.8 Å². The normalized spacial score (nSPS) is 13.3. The molecule has 0 heterocycles. The molecule has 0 radical (unpaired) electrons. The number of hydrogen-bond donors (Lipinski definition) is 2. The highest BCUT2D eigenvalue weighted by Gasteiger charge is 2.43. The zero-order valence-corrected chi connectivity index (χ0v) is 20.2. The molecule has 34 heavy (non-hydrogen) atoms. The minimum Gasteiger partial charge on any atom is -0.468 e. The van der Waals surface area contributed by atoms with Crippen LogP contribution in [0.25, 0.3) is 0 Å². The molecule has 2 amide bonds. The summed E-state index contributed by atoms with van der Waals surface area (Å²) in [5.74, 6) is -6.49. The molecule has 0 aliphatic rings. The van der Waals surface area contributed by atoms with Crippen molar-refractivity contribution in [2.45, 2.75) is 39.5 Å². The molecule has 11 heteroatoms. The Bertz CT molecular complexity index is 841. The zero-order chi connectivity index (χ0) is 25.8. The van der Waals surface area contributed by atoms with Gasteiger partial charge >= 0.3 is 24.0 Å². The first-order chi connectivity index (χ1) is 16.1. The predicted octanol–water partition coefficient (Wildman–Crippen LogP) is 1.19. The fourth-order valence-electron chi connectivity index (χ4n) is 3.17. The summed E-state index contributed by atoms with van der Waals surface area (Å²) >= 11 is 0. The molecule has 188 valence electrons. The Morgan fingerprint density at radius 3 is 1.76 bits per heavy atom. The van der Waals surface area contributed by atoms with Crippen LogP contribution in [-0.2, 0) is 44.7 Å². The molecule has 0 saturated carbocycles. The van der Waals surface area contributed by atoms with Crippen molar-refractivity contribution in [2.24, 2.45) is 17.8 Å². The molecule has 0 aliphatic heterocycles. The van der Waals surface area contributed by atoms with Crippen LogP contribution in [0.5, 0.6) is 0 Å². The summed E-state index contributed by atoms with van der Waals surface area (Å²) in [5, 5.41) is 4.94. The molecular formula is C23H32N2O9. The first-order valence-electron chi connectivity index (χ1n) is 10.6. The summed E-state index contributed by atoms with van der Waals surface area (Å²) in [6.45, 7) is 4.77. The number of rotatable bonds is 11. The van der Waals surface area contributed by atoms with Crippen molar-refractivity contribution >= 4 is 29.9 Å². The van der Waals surface area contributed by atoms with E-state index in [4.69, 9.17) is 9.47 Å². The average molecular weight is 481 g/mol. The Kier molecular flexibility index (Phi) is 11.5. The largest absolute Gasteiger partial charge is 0.468 e. The molecule has 0 spiro atoms. The summed E-state index contributed by atoms with van der Waals surface area (Å²) in [6.07, 6.45) is -0.831. The highest BCUT2D eigenvalue weighted by molar-refractivity contribution is 5.97. The molecule has 3 atom stereocenters. The lowest BCUT2D eigenvalue weighted by Crippen LogP contribution is -2.57. The third-order valence-corrected chi connectivity index (χ3v) is 5.15. The number of carbonyl (C=O) groups is 5. The summed E-state index contributed by atoms with van der Waals surface area (Å²) in [6, 6.07) is 6.48. The Morgan fingerprint density at radius 1 is 0.765 bits per heavy atom. The fourth-order valence-corrected chi connectivity index (χ4v) is 3.17. The molecule has 11 nitrogen and oxygen atoms in total. The lowest BCUT2D eigenvalue weighted by molar-refractivity contribution is -0.163. The maximum Gasteiger partial charge on any atom is 0.408 e. The first kappa shape index (κ1) is 28.4. The first-order valence-corrected chi connectivity index (χ1v) is 10.6. The second-order valence-corrected chi connectivity index (χ2v) is 7.82. The van der Waals surface area contributed by atoms with Crippen LogP contribution >= 0.6 is 0 Å². The molecule has 0 saturated heterocycles. The van der Waals surface area contributed by atoms with Crippen molar-refractivity contribution in [3.05, 3.63) is 35.9 Å². The molecule has 0 fully saturated rings. The van der Waals surface area contributed by atoms with Crippen molar-refractivity contribution in [3.8, 4) is 0 Å². The van der Waals surface area contributed by atoms with Crippen molar-refractivity contribution in [1.82, 2.24) is 10.6 Å². The van der Waals surface area contributed by atoms with Crippen LogP contribution in [0.4, 0.5) is 4.79 Å². The van der Waals surface area contributed by atoms with E-state index in [-0.39, 0.29) is 6.61 Å². The second kappa shape index (κ2) is 13.8. The number of benzene rings is 1. The number of ether oxygens (including phenoxy) is 4. The van der Waals surface area contributed by atoms with Gasteiger partial charge in [0.2, 0.25) is 5.91 Å². The average Bonchev–Trinajstić information content (AvgIpc) is 2.83. The minimum absolute atomic E-state index is 0.000859. The van der Waals surface area contributed by atoms with Crippen LogP contribution in [0.3, 0.4) is 0 Å². The number of amides is 2. The summed E-state index contributed by atoms with van der Waals surface area (Å²) in [5.41, 5.74) is 0.763. The van der Waals surface area contributed by atoms with E-state index >= 15 is 0 Å². The molecule has 1 aromatic carbocycles. The molecule has 0 unspecified atom stereocenters. The van der Waals surface area contributed by atoms with Crippen molar-refractivity contribution in [2.75, 3.05) is 21.3 Å². The van der Waals surface area contributed by atoms with Gasteiger partial charge in [0.05, 0.1) is 21.3 Å². The van der Waals surface area contributed by atoms with Gasteiger partial charge in [-0.05, 0) is 11.5 Å². The van der Waals surface area contributed by atoms with Crippen LogP contribution < -0.4 is 10.6 Å². The standard InChI is InChI=1S/C23H32N2O9/c1-13(2)17(25-23(30)34-12-15-10-8-7-9-11-15)19(26)24-18(22(29)33-6)14(3)16(20(27)31-4)21(28)32-5/h7-11,13-14,16-18H,12H2,1-6H3,(H,24,26)(H,25,30)/t14-,17-,18-/m0/s1. The number of hydrogen-bond acceptors (Lipinski definition) is 9. The SMILES string of the molecule is COC(=O)C(C(=O)OC)[C@H](C)[C@H](NC(=O)[C@@H](NC(=O)OCc1ccccc1)C(C)C)C(=O)OC. The summed E-state index contributed by atoms with van der Waals surface area (Å²) < 4.78 is 19.2. The third-order valence-electron chi connectivity index (χ3n) is 5.15. The van der Waals surface area contributed by atoms with E-state index in [0.29, 0.717) is 0 Å². The number of alkyl carbamates (subject to hydrolysis) is 1. The van der Waals surface area contributed by atoms with Gasteiger partial charge in [0.1, 0.15) is 18.7 Å². The maximum atomic E-state index is 13.0. The van der Waals surface area contributed by atoms with E-state index in [1.165, 1.54) is 6.92 Å². The molecular weight excluding hydrogens is 448 g/mol. The van der Waals surface area contributed by atoms with Gasteiger partial charge < -0.3 is 29.6 Å². The zero-order valence-electron chi connectivity index (χ0n) is 20.2. The third kappa shape index (κ3) is 8.05. The number of methoxy groups -OCH3 is 3. The minimum atomic E-state index is -1.50. The van der Waals surface area contributed by atoms with Gasteiger partial charge in [-0.25, -0.2) is 9.59 Å². The molecule has 1 rings (SSSR count). The number of nitrogens with one attached hydrogen (secondary N) is 2. The van der Waals surface area contributed by atoms with Crippen molar-refractivity contribution in [1.29, 1.82) is 0 Å². The quantitative estimate of drug-likeness (QED) is 0.271. The van der Waals surface area contributed by atoms with Gasteiger partial charge in [0.15, 0.2) is 5.92 Å². The van der Waals surface area contributed by atoms with Crippen LogP contribution in [0.1, 0.15) is 26.3 Å². The topological polar surface area (TPSA) is 146 Å². The molecule has 2 N–H and O–H groups in total. The van der Waals surface area contributed by atoms with E-state index in [1.54, 1.807) is 38.1 Å². The molecule has 0 aliphatic carbocycles. The van der Waals surface area contributed by atoms with E-state index in [0.717, 1.165) is 26.9 Å². The Labute approximate surface area is 198 Å². The van der Waals surface area contributed by atoms with Gasteiger partial charge in [-0.15, -0.1) is 0 Å². The molecule has 1 aromatic rings. The van der Waals surface area contributed by atoms with Crippen molar-refractivity contribution < 1.29 is 42.9 Å². The number of esters is 3. The van der Waals surface area contributed by atoms with Gasteiger partial charge in [0.25, 0.3) is 0 Å². The van der Waals surface area contributed by atoms with Gasteiger partial charge in [-0.3, -0.25) is 14.4 Å². The Balaban J connectivity index is 3.00. The monoisotopic (exact) mass is 480 g/mol. The highest BCUT2D eigenvalue weighted by Crippen LogP contribution is 2.21. The lowest BCUT2D eigenvalue weighted by atomic mass is 9.86. The fraction of sp³-hybridized carbons (Fsp3) is 0.522. The Hall–Kier alpha value is -3.63. The van der Waals surface area contributed by atoms with Crippen LogP contribution in [0.2, 0.25) is 0 Å². The molecule has 0 bridgehead atoms. The predicted molar refractivity (Wildman–Crippen MR) is 119 cm³/mol. The van der Waals surface area contributed by atoms with Gasteiger partial charge in [-0.1, -0.05) is 51.1 Å². The lowest BCUT2D eigenvalue weighted by Gasteiger charge is -2.29. The maximum absolute atomic E-state index is 13.0. The van der Waals surface area contributed by atoms with E-state index < -0.39 is 59.7 Å². The van der Waals surface area contributed by atoms with Crippen LogP contribution in [-0.4, -0.2) is 63.3 Å². The number of carbonyl (C=O) groups excluding carboxylic acids is 5. The van der Waals surface area contributed by atoms with E-state index in [1.807, 2.05) is 6.07 Å². The Morgan fingerprint density at radius 2 is 1.29 bits per heavy atom. The molecule has 0 aromatic heterocycles. The van der Waals surface area contributed by atoms with Gasteiger partial charge in [-0.2, -0.15) is 0 Å². The second-order valence-electron chi connectivity index (χ2n) is 7.82. The van der Waals surface area contributed by atoms with E-state index in [2.05, 4.69) is 20.1 Å². The van der Waals surface area contributed by atoms with Gasteiger partial charge in [0, 0.05) is 5.92 Å². The highest BCUT2D eigenvalue weighted by atomic mass is 16.6. The van der Waals surface area contributed by atoms with Crippen molar-refractivity contribution in [3.63, 3.8) is 0 Å². The summed E-state index contributed by atoms with van der Waals surface area (Å²) in [7, 11) is 3.26. The van der Waals surface area contributed by atoms with E-state index in [9.17, 15) is 24.0 Å². The smallest absolute Gasteiger partial charge is 0.408 e.